The quantitative estimate of drug-likeness (QED) is 0.616. The van der Waals surface area contributed by atoms with E-state index in [0.29, 0.717) is 0 Å². The zero-order valence-electron chi connectivity index (χ0n) is 6.70. The van der Waals surface area contributed by atoms with E-state index in [9.17, 15) is 4.79 Å². The van der Waals surface area contributed by atoms with Gasteiger partial charge in [0, 0.05) is 5.57 Å². The molecular formula is C10H8O2. The van der Waals surface area contributed by atoms with Gasteiger partial charge in [0.05, 0.1) is 7.11 Å². The molecule has 0 spiro atoms. The summed E-state index contributed by atoms with van der Waals surface area (Å²) in [7, 11) is 1.62. The van der Waals surface area contributed by atoms with Crippen LogP contribution in [0.3, 0.4) is 0 Å². The summed E-state index contributed by atoms with van der Waals surface area (Å²) in [5, 5.41) is 0. The zero-order chi connectivity index (χ0) is 8.55. The minimum atomic E-state index is 0.754. The Morgan fingerprint density at radius 3 is 2.92 bits per heavy atom. The Balaban J connectivity index is 2.43. The van der Waals surface area contributed by atoms with Gasteiger partial charge in [-0.05, 0) is 29.3 Å². The summed E-state index contributed by atoms with van der Waals surface area (Å²) in [5.41, 5.74) is 2.85. The third-order valence-corrected chi connectivity index (χ3v) is 2.01. The van der Waals surface area contributed by atoms with Crippen molar-refractivity contribution < 1.29 is 9.53 Å². The normalized spacial score (nSPS) is 12.6. The van der Waals surface area contributed by atoms with E-state index in [0.717, 1.165) is 28.7 Å². The van der Waals surface area contributed by atoms with Crippen LogP contribution < -0.4 is 4.74 Å². The summed E-state index contributed by atoms with van der Waals surface area (Å²) in [5.74, 6) is 0.793. The average Bonchev–Trinajstić information content (AvgIpc) is 2.08. The first-order valence-corrected chi connectivity index (χ1v) is 3.70. The van der Waals surface area contributed by atoms with Gasteiger partial charge in [-0.1, -0.05) is 6.07 Å². The van der Waals surface area contributed by atoms with Crippen molar-refractivity contribution in [1.82, 2.24) is 0 Å². The monoisotopic (exact) mass is 160 g/mol. The van der Waals surface area contributed by atoms with Gasteiger partial charge >= 0.3 is 0 Å². The maximum absolute atomic E-state index is 10.4. The number of fused-ring (bicyclic) bond motifs is 1. The maximum atomic E-state index is 10.4. The van der Waals surface area contributed by atoms with E-state index in [4.69, 9.17) is 4.74 Å². The van der Waals surface area contributed by atoms with Gasteiger partial charge in [-0.25, -0.2) is 0 Å². The molecule has 0 fully saturated rings. The smallest absolute Gasteiger partial charge is 0.150 e. The zero-order valence-corrected chi connectivity index (χ0v) is 6.70. The molecule has 0 amide bonds. The highest BCUT2D eigenvalue weighted by Crippen LogP contribution is 2.33. The Morgan fingerprint density at radius 1 is 1.42 bits per heavy atom. The molecular weight excluding hydrogens is 152 g/mol. The van der Waals surface area contributed by atoms with Crippen molar-refractivity contribution in [2.24, 2.45) is 0 Å². The third-order valence-electron chi connectivity index (χ3n) is 2.01. The highest BCUT2D eigenvalue weighted by molar-refractivity contribution is 6.20. The van der Waals surface area contributed by atoms with Crippen LogP contribution in [0.25, 0.3) is 11.6 Å². The van der Waals surface area contributed by atoms with Crippen molar-refractivity contribution in [3.63, 3.8) is 0 Å². The Kier molecular flexibility index (Phi) is 1.47. The second-order valence-corrected chi connectivity index (χ2v) is 2.67. The topological polar surface area (TPSA) is 26.3 Å². The van der Waals surface area contributed by atoms with E-state index in [2.05, 4.69) is 0 Å². The summed E-state index contributed by atoms with van der Waals surface area (Å²) in [6.07, 6.45) is 2.73. The molecule has 2 heteroatoms. The number of ether oxygens (including phenoxy) is 1. The van der Waals surface area contributed by atoms with Crippen molar-refractivity contribution in [3.05, 3.63) is 29.3 Å². The molecule has 12 heavy (non-hydrogen) atoms. The highest BCUT2D eigenvalue weighted by atomic mass is 16.5. The Bertz CT molecular complexity index is 364. The van der Waals surface area contributed by atoms with Gasteiger partial charge in [0.2, 0.25) is 0 Å². The van der Waals surface area contributed by atoms with Crippen LogP contribution in [-0.2, 0) is 4.79 Å². The molecule has 1 aliphatic rings. The van der Waals surface area contributed by atoms with Gasteiger partial charge < -0.3 is 4.74 Å². The summed E-state index contributed by atoms with van der Waals surface area (Å²) in [4.78, 5) is 10.4. The molecule has 1 aromatic carbocycles. The molecule has 0 aromatic heterocycles. The number of rotatable bonds is 2. The van der Waals surface area contributed by atoms with Gasteiger partial charge in [-0.3, -0.25) is 4.79 Å². The molecule has 0 atom stereocenters. The Hall–Kier alpha value is -1.57. The summed E-state index contributed by atoms with van der Waals surface area (Å²) >= 11 is 0. The summed E-state index contributed by atoms with van der Waals surface area (Å²) in [6.45, 7) is 0. The lowest BCUT2D eigenvalue weighted by Crippen LogP contribution is -1.99. The predicted molar refractivity (Wildman–Crippen MR) is 46.9 cm³/mol. The predicted octanol–water partition coefficient (Wildman–Crippen LogP) is 1.75. The molecule has 0 heterocycles. The number of allylic oxidation sites excluding steroid dienone is 1. The second kappa shape index (κ2) is 2.48. The van der Waals surface area contributed by atoms with E-state index >= 15 is 0 Å². The van der Waals surface area contributed by atoms with E-state index in [-0.39, 0.29) is 0 Å². The standard InChI is InChI=1S/C10H8O2/c1-12-9-3-2-7-4-8(6-11)10(7)5-9/h2-6H,1H3. The van der Waals surface area contributed by atoms with Gasteiger partial charge in [-0.2, -0.15) is 0 Å². The van der Waals surface area contributed by atoms with Crippen molar-refractivity contribution >= 4 is 17.9 Å². The second-order valence-electron chi connectivity index (χ2n) is 2.67. The molecule has 0 saturated heterocycles. The van der Waals surface area contributed by atoms with Gasteiger partial charge in [0.1, 0.15) is 5.75 Å². The first-order valence-electron chi connectivity index (χ1n) is 3.70. The molecule has 2 nitrogen and oxygen atoms in total. The van der Waals surface area contributed by atoms with Crippen molar-refractivity contribution in [2.75, 3.05) is 7.11 Å². The maximum Gasteiger partial charge on any atom is 0.150 e. The lowest BCUT2D eigenvalue weighted by molar-refractivity contribution is -0.103. The fraction of sp³-hybridized carbons (Fsp3) is 0.100. The SMILES string of the molecule is COc1ccc2c(c1)C(C=O)=C2. The first kappa shape index (κ1) is 7.10. The van der Waals surface area contributed by atoms with E-state index in [1.54, 1.807) is 7.11 Å². The minimum absolute atomic E-state index is 0.754. The number of carbonyl (C=O) groups is 1. The van der Waals surface area contributed by atoms with Crippen LogP contribution in [0.5, 0.6) is 5.75 Å². The van der Waals surface area contributed by atoms with Crippen LogP contribution in [0, 0.1) is 0 Å². The molecule has 60 valence electrons. The van der Waals surface area contributed by atoms with Crippen LogP contribution in [0.1, 0.15) is 11.1 Å². The average molecular weight is 160 g/mol. The molecule has 1 aliphatic carbocycles. The molecule has 0 bridgehead atoms. The minimum Gasteiger partial charge on any atom is -0.497 e. The van der Waals surface area contributed by atoms with Crippen LogP contribution >= 0.6 is 0 Å². The number of carbonyl (C=O) groups excluding carboxylic acids is 1. The van der Waals surface area contributed by atoms with Crippen LogP contribution in [0.15, 0.2) is 18.2 Å². The molecule has 2 rings (SSSR count). The van der Waals surface area contributed by atoms with Crippen LogP contribution in [0.2, 0.25) is 0 Å². The van der Waals surface area contributed by atoms with Crippen molar-refractivity contribution in [2.45, 2.75) is 0 Å². The van der Waals surface area contributed by atoms with Gasteiger partial charge in [0.25, 0.3) is 0 Å². The molecule has 1 aromatic rings. The summed E-state index contributed by atoms with van der Waals surface area (Å²) < 4.78 is 5.03. The van der Waals surface area contributed by atoms with E-state index in [1.165, 1.54) is 0 Å². The largest absolute Gasteiger partial charge is 0.497 e. The Morgan fingerprint density at radius 2 is 2.25 bits per heavy atom. The Labute approximate surface area is 70.5 Å². The summed E-state index contributed by atoms with van der Waals surface area (Å²) in [6, 6.07) is 5.71. The third kappa shape index (κ3) is 0.848. The highest BCUT2D eigenvalue weighted by Gasteiger charge is 2.15. The van der Waals surface area contributed by atoms with E-state index < -0.39 is 0 Å². The molecule has 0 radical (unpaired) electrons. The van der Waals surface area contributed by atoms with E-state index in [1.807, 2.05) is 24.3 Å². The number of aldehydes is 1. The number of benzene rings is 1. The van der Waals surface area contributed by atoms with Crippen LogP contribution in [0.4, 0.5) is 0 Å². The molecule has 0 aliphatic heterocycles. The van der Waals surface area contributed by atoms with Crippen molar-refractivity contribution in [1.29, 1.82) is 0 Å². The molecule has 0 saturated carbocycles. The number of methoxy groups -OCH3 is 1. The molecule has 0 N–H and O–H groups in total. The van der Waals surface area contributed by atoms with Gasteiger partial charge in [-0.15, -0.1) is 0 Å². The lowest BCUT2D eigenvalue weighted by atomic mass is 9.89. The van der Waals surface area contributed by atoms with Gasteiger partial charge in [0.15, 0.2) is 6.29 Å². The lowest BCUT2D eigenvalue weighted by Gasteiger charge is -2.15. The number of hydrogen-bond acceptors (Lipinski definition) is 2. The molecule has 0 unspecified atom stereocenters. The fourth-order valence-corrected chi connectivity index (χ4v) is 1.30. The van der Waals surface area contributed by atoms with Crippen molar-refractivity contribution in [3.8, 4) is 5.75 Å². The first-order chi connectivity index (χ1) is 5.85. The number of hydrogen-bond donors (Lipinski definition) is 0. The van der Waals surface area contributed by atoms with Crippen LogP contribution in [-0.4, -0.2) is 13.4 Å². The fourth-order valence-electron chi connectivity index (χ4n) is 1.30.